The number of hydrogen-bond acceptors (Lipinski definition) is 4. The molecule has 2 aromatic rings. The van der Waals surface area contributed by atoms with Crippen molar-refractivity contribution in [2.24, 2.45) is 0 Å². The first-order valence-corrected chi connectivity index (χ1v) is 11.3. The Morgan fingerprint density at radius 2 is 1.88 bits per heavy atom. The highest BCUT2D eigenvalue weighted by Gasteiger charge is 2.39. The molecule has 32 heavy (non-hydrogen) atoms. The maximum Gasteiger partial charge on any atom is 0.360 e. The van der Waals surface area contributed by atoms with Crippen molar-refractivity contribution in [3.05, 3.63) is 76.8 Å². The molecular weight excluding hydrogens is 402 g/mol. The number of aromatic nitrogens is 2. The second kappa shape index (κ2) is 8.87. The van der Waals surface area contributed by atoms with Gasteiger partial charge >= 0.3 is 5.97 Å². The molecule has 0 radical (unpaired) electrons. The Hall–Kier alpha value is -2.99. The van der Waals surface area contributed by atoms with Crippen LogP contribution >= 0.6 is 0 Å². The predicted molar refractivity (Wildman–Crippen MR) is 127 cm³/mol. The second-order valence-electron chi connectivity index (χ2n) is 9.06. The summed E-state index contributed by atoms with van der Waals surface area (Å²) in [6.07, 6.45) is 8.81. The molecular formula is C26H31N3O3. The summed E-state index contributed by atoms with van der Waals surface area (Å²) in [7, 11) is 0. The highest BCUT2D eigenvalue weighted by atomic mass is 16.4. The third-order valence-electron chi connectivity index (χ3n) is 7.14. The Kier molecular flexibility index (Phi) is 6.15. The fourth-order valence-corrected chi connectivity index (χ4v) is 5.70. The maximum atomic E-state index is 13.1. The van der Waals surface area contributed by atoms with Gasteiger partial charge in [0.25, 0.3) is 5.56 Å². The van der Waals surface area contributed by atoms with Crippen molar-refractivity contribution in [2.45, 2.75) is 70.1 Å². The van der Waals surface area contributed by atoms with Gasteiger partial charge in [0.05, 0.1) is 11.0 Å². The molecule has 168 valence electrons. The maximum absolute atomic E-state index is 13.1. The summed E-state index contributed by atoms with van der Waals surface area (Å²) in [6, 6.07) is 8.31. The molecule has 1 aliphatic heterocycles. The SMILES string of the molecule is C=CC1=C(C=C)CC(N2C(C)CCC2CC(C)n2c(=O)c(C(=O)O)nc3ccccc32)C1. The van der Waals surface area contributed by atoms with Crippen LogP contribution in [0.3, 0.4) is 0 Å². The minimum absolute atomic E-state index is 0.154. The molecule has 2 heterocycles. The monoisotopic (exact) mass is 433 g/mol. The largest absolute Gasteiger partial charge is 0.476 e. The summed E-state index contributed by atoms with van der Waals surface area (Å²) in [4.78, 5) is 31.5. The van der Waals surface area contributed by atoms with E-state index in [4.69, 9.17) is 0 Å². The lowest BCUT2D eigenvalue weighted by Crippen LogP contribution is -2.43. The Morgan fingerprint density at radius 1 is 1.22 bits per heavy atom. The van der Waals surface area contributed by atoms with Crippen molar-refractivity contribution >= 4 is 17.0 Å². The minimum Gasteiger partial charge on any atom is -0.476 e. The van der Waals surface area contributed by atoms with Gasteiger partial charge in [-0.3, -0.25) is 9.69 Å². The Balaban J connectivity index is 1.65. The number of carbonyl (C=O) groups is 1. The van der Waals surface area contributed by atoms with Gasteiger partial charge in [0, 0.05) is 24.2 Å². The van der Waals surface area contributed by atoms with Crippen molar-refractivity contribution in [1.82, 2.24) is 14.5 Å². The van der Waals surface area contributed by atoms with E-state index in [1.165, 1.54) is 11.1 Å². The first kappa shape index (κ1) is 22.2. The third kappa shape index (κ3) is 3.84. The molecule has 3 unspecified atom stereocenters. The van der Waals surface area contributed by atoms with E-state index in [1.807, 2.05) is 37.3 Å². The fourth-order valence-electron chi connectivity index (χ4n) is 5.70. The summed E-state index contributed by atoms with van der Waals surface area (Å²) in [6.45, 7) is 12.2. The van der Waals surface area contributed by atoms with Gasteiger partial charge in [-0.2, -0.15) is 0 Å². The lowest BCUT2D eigenvalue weighted by molar-refractivity contribution is 0.0687. The van der Waals surface area contributed by atoms with Crippen LogP contribution in [0.5, 0.6) is 0 Å². The van der Waals surface area contributed by atoms with Crippen molar-refractivity contribution in [1.29, 1.82) is 0 Å². The van der Waals surface area contributed by atoms with Crippen LogP contribution in [0.2, 0.25) is 0 Å². The smallest absolute Gasteiger partial charge is 0.360 e. The van der Waals surface area contributed by atoms with Crippen molar-refractivity contribution in [3.8, 4) is 0 Å². The molecule has 0 saturated carbocycles. The van der Waals surface area contributed by atoms with Crippen LogP contribution in [0.1, 0.15) is 62.5 Å². The number of rotatable bonds is 7. The Morgan fingerprint density at radius 3 is 2.50 bits per heavy atom. The molecule has 6 heteroatoms. The molecule has 1 saturated heterocycles. The molecule has 1 aromatic carbocycles. The first-order valence-electron chi connectivity index (χ1n) is 11.3. The third-order valence-corrected chi connectivity index (χ3v) is 7.14. The van der Waals surface area contributed by atoms with Crippen LogP contribution in [0.25, 0.3) is 11.0 Å². The van der Waals surface area contributed by atoms with E-state index >= 15 is 0 Å². The summed E-state index contributed by atoms with van der Waals surface area (Å²) in [5.41, 5.74) is 2.80. The number of carboxylic acids is 1. The summed E-state index contributed by atoms with van der Waals surface area (Å²) in [5.74, 6) is -1.29. The number of benzene rings is 1. The normalized spacial score (nSPS) is 23.1. The van der Waals surface area contributed by atoms with E-state index in [9.17, 15) is 14.7 Å². The summed E-state index contributed by atoms with van der Waals surface area (Å²) < 4.78 is 1.63. The van der Waals surface area contributed by atoms with Gasteiger partial charge in [0.1, 0.15) is 0 Å². The van der Waals surface area contributed by atoms with E-state index in [1.54, 1.807) is 10.6 Å². The number of para-hydroxylation sites is 2. The Labute approximate surface area is 188 Å². The summed E-state index contributed by atoms with van der Waals surface area (Å²) >= 11 is 0. The first-order chi connectivity index (χ1) is 15.3. The zero-order valence-electron chi connectivity index (χ0n) is 18.8. The number of fused-ring (bicyclic) bond motifs is 1. The number of nitrogens with zero attached hydrogens (tertiary/aromatic N) is 3. The lowest BCUT2D eigenvalue weighted by atomic mass is 10.0. The highest BCUT2D eigenvalue weighted by molar-refractivity contribution is 5.88. The van der Waals surface area contributed by atoms with Crippen molar-refractivity contribution < 1.29 is 9.90 Å². The molecule has 0 bridgehead atoms. The van der Waals surface area contributed by atoms with E-state index in [-0.39, 0.29) is 6.04 Å². The predicted octanol–water partition coefficient (Wildman–Crippen LogP) is 4.73. The van der Waals surface area contributed by atoms with Crippen LogP contribution in [-0.4, -0.2) is 43.7 Å². The molecule has 4 rings (SSSR count). The Bertz CT molecular complexity index is 1140. The van der Waals surface area contributed by atoms with Crippen LogP contribution in [0.15, 0.2) is 65.5 Å². The topological polar surface area (TPSA) is 75.4 Å². The number of allylic oxidation sites excluding steroid dienone is 2. The second-order valence-corrected chi connectivity index (χ2v) is 9.06. The molecule has 1 fully saturated rings. The fraction of sp³-hybridized carbons (Fsp3) is 0.423. The average Bonchev–Trinajstić information content (AvgIpc) is 3.35. The van der Waals surface area contributed by atoms with Crippen LogP contribution in [-0.2, 0) is 0 Å². The van der Waals surface area contributed by atoms with Gasteiger partial charge in [-0.25, -0.2) is 9.78 Å². The molecule has 0 amide bonds. The van der Waals surface area contributed by atoms with E-state index in [2.05, 4.69) is 30.0 Å². The van der Waals surface area contributed by atoms with Crippen LogP contribution in [0.4, 0.5) is 0 Å². The van der Waals surface area contributed by atoms with Gasteiger partial charge in [-0.15, -0.1) is 0 Å². The van der Waals surface area contributed by atoms with Crippen LogP contribution in [0, 0.1) is 0 Å². The number of carboxylic acid groups (broad SMARTS) is 1. The van der Waals surface area contributed by atoms with E-state index < -0.39 is 17.2 Å². The average molecular weight is 434 g/mol. The molecule has 2 aliphatic rings. The molecule has 1 aliphatic carbocycles. The molecule has 1 N–H and O–H groups in total. The van der Waals surface area contributed by atoms with E-state index in [0.717, 1.165) is 32.1 Å². The summed E-state index contributed by atoms with van der Waals surface area (Å²) in [5, 5.41) is 9.53. The highest BCUT2D eigenvalue weighted by Crippen LogP contribution is 2.39. The van der Waals surface area contributed by atoms with Gasteiger partial charge in [-0.05, 0) is 69.2 Å². The number of hydrogen-bond donors (Lipinski definition) is 1. The minimum atomic E-state index is -1.29. The van der Waals surface area contributed by atoms with Gasteiger partial charge in [0.2, 0.25) is 5.69 Å². The van der Waals surface area contributed by atoms with Gasteiger partial charge in [0.15, 0.2) is 0 Å². The zero-order chi connectivity index (χ0) is 23.0. The molecule has 0 spiro atoms. The van der Waals surface area contributed by atoms with Gasteiger partial charge < -0.3 is 9.67 Å². The van der Waals surface area contributed by atoms with Crippen LogP contribution < -0.4 is 5.56 Å². The standard InChI is InChI=1S/C26H31N3O3/c1-5-18-14-21(15-19(18)6-2)28-16(3)11-12-20(28)13-17(4)29-23-10-8-7-9-22(23)27-24(25(29)30)26(31)32/h5-10,16-17,20-21H,1-2,11-15H2,3-4H3,(H,31,32). The zero-order valence-corrected chi connectivity index (χ0v) is 18.8. The molecule has 1 aromatic heterocycles. The number of likely N-dealkylation sites (tertiary alicyclic amines) is 1. The van der Waals surface area contributed by atoms with E-state index in [0.29, 0.717) is 29.2 Å². The van der Waals surface area contributed by atoms with Crippen molar-refractivity contribution in [3.63, 3.8) is 0 Å². The van der Waals surface area contributed by atoms with Gasteiger partial charge in [-0.1, -0.05) is 37.4 Å². The molecule has 6 nitrogen and oxygen atoms in total. The van der Waals surface area contributed by atoms with Crippen molar-refractivity contribution in [2.75, 3.05) is 0 Å². The number of aromatic carboxylic acids is 1. The lowest BCUT2D eigenvalue weighted by Gasteiger charge is -2.36. The molecule has 3 atom stereocenters. The quantitative estimate of drug-likeness (QED) is 0.683.